The average molecular weight is 449 g/mol. The molecule has 1 saturated heterocycles. The highest BCUT2D eigenvalue weighted by molar-refractivity contribution is 5.78. The number of amides is 2. The maximum atomic E-state index is 12.7. The molecule has 2 aromatic rings. The first-order valence-corrected chi connectivity index (χ1v) is 10.4. The number of rotatable bonds is 7. The molecule has 0 saturated carbocycles. The smallest absolute Gasteiger partial charge is 0.416 e. The molecule has 1 heterocycles. The molecule has 1 aliphatic rings. The highest BCUT2D eigenvalue weighted by Crippen LogP contribution is 2.29. The maximum Gasteiger partial charge on any atom is 0.416 e. The number of nitrogens with two attached hydrogens (primary N) is 1. The summed E-state index contributed by atoms with van der Waals surface area (Å²) < 4.78 is 43.7. The number of primary amides is 1. The summed E-state index contributed by atoms with van der Waals surface area (Å²) in [6, 6.07) is 12.0. The minimum Gasteiger partial charge on any atom is -0.484 e. The zero-order valence-electron chi connectivity index (χ0n) is 17.6. The molecule has 1 fully saturated rings. The molecule has 172 valence electrons. The van der Waals surface area contributed by atoms with Gasteiger partial charge in [0, 0.05) is 32.7 Å². The van der Waals surface area contributed by atoms with E-state index >= 15 is 0 Å². The van der Waals surface area contributed by atoms with Crippen molar-refractivity contribution in [3.8, 4) is 5.75 Å². The summed E-state index contributed by atoms with van der Waals surface area (Å²) >= 11 is 0. The first-order chi connectivity index (χ1) is 15.2. The Morgan fingerprint density at radius 2 is 1.56 bits per heavy atom. The van der Waals surface area contributed by atoms with Gasteiger partial charge in [-0.15, -0.1) is 0 Å². The second-order valence-electron chi connectivity index (χ2n) is 7.78. The summed E-state index contributed by atoms with van der Waals surface area (Å²) in [6.07, 6.45) is -3.42. The molecule has 0 radical (unpaired) electrons. The van der Waals surface area contributed by atoms with Crippen LogP contribution in [0.25, 0.3) is 0 Å². The molecule has 0 atom stereocenters. The number of carbonyl (C=O) groups excluding carboxylic acids is 2. The molecule has 0 spiro atoms. The predicted octanol–water partition coefficient (Wildman–Crippen LogP) is 2.85. The van der Waals surface area contributed by atoms with E-state index in [0.29, 0.717) is 31.9 Å². The van der Waals surface area contributed by atoms with Crippen molar-refractivity contribution in [3.63, 3.8) is 0 Å². The van der Waals surface area contributed by atoms with Crippen LogP contribution in [-0.4, -0.2) is 54.4 Å². The second kappa shape index (κ2) is 10.5. The van der Waals surface area contributed by atoms with E-state index in [4.69, 9.17) is 10.5 Å². The minimum atomic E-state index is -4.34. The Balaban J connectivity index is 1.46. The monoisotopic (exact) mass is 449 g/mol. The van der Waals surface area contributed by atoms with Crippen LogP contribution in [0, 0.1) is 0 Å². The second-order valence-corrected chi connectivity index (χ2v) is 7.78. The van der Waals surface area contributed by atoms with E-state index in [1.807, 2.05) is 0 Å². The molecule has 0 bridgehead atoms. The molecule has 0 unspecified atom stereocenters. The third kappa shape index (κ3) is 6.98. The fourth-order valence-corrected chi connectivity index (χ4v) is 3.58. The molecule has 6 nitrogen and oxygen atoms in total. The Bertz CT molecular complexity index is 915. The number of alkyl halides is 3. The molecule has 2 N–H and O–H groups in total. The maximum absolute atomic E-state index is 12.7. The van der Waals surface area contributed by atoms with Gasteiger partial charge in [-0.3, -0.25) is 14.5 Å². The molecule has 9 heteroatoms. The summed E-state index contributed by atoms with van der Waals surface area (Å²) in [5, 5.41) is 0. The van der Waals surface area contributed by atoms with Crippen LogP contribution in [0.1, 0.15) is 23.1 Å². The summed E-state index contributed by atoms with van der Waals surface area (Å²) in [5.74, 6) is -0.00436. The molecule has 2 aromatic carbocycles. The molecule has 3 rings (SSSR count). The van der Waals surface area contributed by atoms with E-state index in [2.05, 4.69) is 4.90 Å². The SMILES string of the molecule is NC(=O)Cc1ccc(OCC(=O)N2CCCN(Cc3ccc(C(F)(F)F)cc3)CC2)cc1. The molecule has 1 aliphatic heterocycles. The third-order valence-electron chi connectivity index (χ3n) is 5.29. The standard InChI is InChI=1S/C23H26F3N3O3/c24-23(25,26)19-6-2-18(3-7-19)15-28-10-1-11-29(13-12-28)22(31)16-32-20-8-4-17(5-9-20)14-21(27)30/h2-9H,1,10-16H2,(H2,27,30). The van der Waals surface area contributed by atoms with Crippen molar-refractivity contribution >= 4 is 11.8 Å². The van der Waals surface area contributed by atoms with Crippen LogP contribution in [0.4, 0.5) is 13.2 Å². The van der Waals surface area contributed by atoms with Gasteiger partial charge in [0.15, 0.2) is 6.61 Å². The Hall–Kier alpha value is -3.07. The summed E-state index contributed by atoms with van der Waals surface area (Å²) in [6.45, 7) is 2.97. The molecule has 0 aliphatic carbocycles. The first kappa shape index (κ1) is 23.6. The van der Waals surface area contributed by atoms with Crippen LogP contribution in [0.3, 0.4) is 0 Å². The largest absolute Gasteiger partial charge is 0.484 e. The van der Waals surface area contributed by atoms with E-state index in [-0.39, 0.29) is 18.9 Å². The van der Waals surface area contributed by atoms with Gasteiger partial charge in [0.2, 0.25) is 5.91 Å². The lowest BCUT2D eigenvalue weighted by Crippen LogP contribution is -2.38. The van der Waals surface area contributed by atoms with Crippen molar-refractivity contribution in [1.82, 2.24) is 9.80 Å². The Morgan fingerprint density at radius 1 is 0.906 bits per heavy atom. The average Bonchev–Trinajstić information content (AvgIpc) is 2.98. The van der Waals surface area contributed by atoms with Gasteiger partial charge in [-0.25, -0.2) is 0 Å². The van der Waals surface area contributed by atoms with Gasteiger partial charge >= 0.3 is 6.18 Å². The number of benzene rings is 2. The van der Waals surface area contributed by atoms with Crippen molar-refractivity contribution in [3.05, 3.63) is 65.2 Å². The predicted molar refractivity (Wildman–Crippen MR) is 113 cm³/mol. The number of ether oxygens (including phenoxy) is 1. The molecular weight excluding hydrogens is 423 g/mol. The Labute approximate surface area is 184 Å². The van der Waals surface area contributed by atoms with Gasteiger partial charge in [-0.1, -0.05) is 24.3 Å². The Morgan fingerprint density at radius 3 is 2.19 bits per heavy atom. The fourth-order valence-electron chi connectivity index (χ4n) is 3.58. The molecular formula is C23H26F3N3O3. The van der Waals surface area contributed by atoms with E-state index in [0.717, 1.165) is 36.2 Å². The van der Waals surface area contributed by atoms with Crippen molar-refractivity contribution in [2.24, 2.45) is 5.73 Å². The van der Waals surface area contributed by atoms with Gasteiger partial charge in [0.05, 0.1) is 12.0 Å². The minimum absolute atomic E-state index is 0.0892. The number of hydrogen-bond donors (Lipinski definition) is 1. The summed E-state index contributed by atoms with van der Waals surface area (Å²) in [7, 11) is 0. The van der Waals surface area contributed by atoms with E-state index in [1.165, 1.54) is 12.1 Å². The molecule has 2 amide bonds. The zero-order chi connectivity index (χ0) is 23.1. The first-order valence-electron chi connectivity index (χ1n) is 10.4. The summed E-state index contributed by atoms with van der Waals surface area (Å²) in [5.41, 5.74) is 6.09. The van der Waals surface area contributed by atoms with Crippen LogP contribution in [0.5, 0.6) is 5.75 Å². The van der Waals surface area contributed by atoms with Crippen LogP contribution in [0.2, 0.25) is 0 Å². The molecule has 32 heavy (non-hydrogen) atoms. The third-order valence-corrected chi connectivity index (χ3v) is 5.29. The number of carbonyl (C=O) groups is 2. The number of hydrogen-bond acceptors (Lipinski definition) is 4. The van der Waals surface area contributed by atoms with Crippen molar-refractivity contribution in [2.75, 3.05) is 32.8 Å². The summed E-state index contributed by atoms with van der Waals surface area (Å²) in [4.78, 5) is 27.4. The number of halogens is 3. The Kier molecular flexibility index (Phi) is 7.74. The van der Waals surface area contributed by atoms with E-state index in [1.54, 1.807) is 29.2 Å². The lowest BCUT2D eigenvalue weighted by molar-refractivity contribution is -0.137. The van der Waals surface area contributed by atoms with Crippen LogP contribution in [-0.2, 0) is 28.7 Å². The van der Waals surface area contributed by atoms with Crippen molar-refractivity contribution in [2.45, 2.75) is 25.6 Å². The van der Waals surface area contributed by atoms with Crippen LogP contribution >= 0.6 is 0 Å². The van der Waals surface area contributed by atoms with E-state index in [9.17, 15) is 22.8 Å². The molecule has 0 aromatic heterocycles. The number of nitrogens with zero attached hydrogens (tertiary/aromatic N) is 2. The van der Waals surface area contributed by atoms with Crippen molar-refractivity contribution in [1.29, 1.82) is 0 Å². The van der Waals surface area contributed by atoms with Crippen LogP contribution in [0.15, 0.2) is 48.5 Å². The topological polar surface area (TPSA) is 75.9 Å². The quantitative estimate of drug-likeness (QED) is 0.706. The fraction of sp³-hybridized carbons (Fsp3) is 0.391. The van der Waals surface area contributed by atoms with Gasteiger partial charge < -0.3 is 15.4 Å². The van der Waals surface area contributed by atoms with Gasteiger partial charge in [0.1, 0.15) is 5.75 Å². The highest BCUT2D eigenvalue weighted by atomic mass is 19.4. The highest BCUT2D eigenvalue weighted by Gasteiger charge is 2.30. The lowest BCUT2D eigenvalue weighted by atomic mass is 10.1. The van der Waals surface area contributed by atoms with Gasteiger partial charge in [-0.05, 0) is 41.8 Å². The van der Waals surface area contributed by atoms with Gasteiger partial charge in [0.25, 0.3) is 5.91 Å². The van der Waals surface area contributed by atoms with Gasteiger partial charge in [-0.2, -0.15) is 13.2 Å². The zero-order valence-corrected chi connectivity index (χ0v) is 17.6. The van der Waals surface area contributed by atoms with Crippen LogP contribution < -0.4 is 10.5 Å². The lowest BCUT2D eigenvalue weighted by Gasteiger charge is -2.22. The van der Waals surface area contributed by atoms with Crippen molar-refractivity contribution < 1.29 is 27.5 Å². The van der Waals surface area contributed by atoms with E-state index < -0.39 is 17.6 Å². The normalized spacial score (nSPS) is 15.3.